The van der Waals surface area contributed by atoms with Crippen LogP contribution >= 0.6 is 0 Å². The van der Waals surface area contributed by atoms with Gasteiger partial charge in [-0.3, -0.25) is 0 Å². The summed E-state index contributed by atoms with van der Waals surface area (Å²) in [6.45, 7) is 0.428. The van der Waals surface area contributed by atoms with Crippen LogP contribution in [0.1, 0.15) is 5.76 Å². The quantitative estimate of drug-likeness (QED) is 0.857. The Morgan fingerprint density at radius 3 is 2.38 bits per heavy atom. The van der Waals surface area contributed by atoms with Gasteiger partial charge in [0.05, 0.1) is 12.8 Å². The first-order chi connectivity index (χ1) is 7.72. The van der Waals surface area contributed by atoms with Gasteiger partial charge in [0.2, 0.25) is 0 Å². The van der Waals surface area contributed by atoms with Crippen LogP contribution in [-0.4, -0.2) is 14.1 Å². The summed E-state index contributed by atoms with van der Waals surface area (Å²) in [5.41, 5.74) is 9.01. The van der Waals surface area contributed by atoms with Gasteiger partial charge in [-0.05, 0) is 23.8 Å². The molecule has 1 aromatic heterocycles. The van der Waals surface area contributed by atoms with Crippen LogP contribution in [0.4, 0.5) is 5.69 Å². The van der Waals surface area contributed by atoms with E-state index in [1.165, 1.54) is 5.69 Å². The van der Waals surface area contributed by atoms with Crippen LogP contribution in [0.15, 0.2) is 41.0 Å². The maximum Gasteiger partial charge on any atom is 0.125 e. The van der Waals surface area contributed by atoms with Gasteiger partial charge < -0.3 is 15.1 Å². The summed E-state index contributed by atoms with van der Waals surface area (Å²) < 4.78 is 5.31. The van der Waals surface area contributed by atoms with Crippen LogP contribution in [0.3, 0.4) is 0 Å². The number of hydrogen-bond acceptors (Lipinski definition) is 3. The normalized spacial score (nSPS) is 10.4. The molecule has 0 saturated heterocycles. The Hall–Kier alpha value is -1.74. The number of furan rings is 1. The van der Waals surface area contributed by atoms with Gasteiger partial charge in [0.15, 0.2) is 0 Å². The van der Waals surface area contributed by atoms with Gasteiger partial charge in [-0.2, -0.15) is 0 Å². The molecular weight excluding hydrogens is 200 g/mol. The predicted molar refractivity (Wildman–Crippen MR) is 66.4 cm³/mol. The molecule has 1 heterocycles. The highest BCUT2D eigenvalue weighted by Gasteiger charge is 2.06. The lowest BCUT2D eigenvalue weighted by atomic mass is 10.1. The summed E-state index contributed by atoms with van der Waals surface area (Å²) >= 11 is 0. The van der Waals surface area contributed by atoms with Gasteiger partial charge in [-0.1, -0.05) is 12.1 Å². The fraction of sp³-hybridized carbons (Fsp3) is 0.231. The summed E-state index contributed by atoms with van der Waals surface area (Å²) in [4.78, 5) is 2.07. The molecule has 0 amide bonds. The predicted octanol–water partition coefficient (Wildman–Crippen LogP) is 2.47. The summed E-state index contributed by atoms with van der Waals surface area (Å²) in [5.74, 6) is 0.831. The average molecular weight is 216 g/mol. The van der Waals surface area contributed by atoms with E-state index in [0.717, 1.165) is 16.9 Å². The molecule has 1 aromatic carbocycles. The van der Waals surface area contributed by atoms with E-state index in [1.54, 1.807) is 6.26 Å². The molecule has 2 rings (SSSR count). The Morgan fingerprint density at radius 2 is 1.81 bits per heavy atom. The molecule has 0 radical (unpaired) electrons. The van der Waals surface area contributed by atoms with Crippen molar-refractivity contribution in [2.45, 2.75) is 6.54 Å². The minimum absolute atomic E-state index is 0.428. The first-order valence-electron chi connectivity index (χ1n) is 5.26. The summed E-state index contributed by atoms with van der Waals surface area (Å²) in [6, 6.07) is 10.3. The number of nitrogens with zero attached hydrogens (tertiary/aromatic N) is 1. The zero-order valence-electron chi connectivity index (χ0n) is 9.60. The molecule has 2 N–H and O–H groups in total. The molecule has 2 aromatic rings. The van der Waals surface area contributed by atoms with E-state index in [-0.39, 0.29) is 0 Å². The highest BCUT2D eigenvalue weighted by Crippen LogP contribution is 2.26. The minimum atomic E-state index is 0.428. The van der Waals surface area contributed by atoms with E-state index < -0.39 is 0 Å². The third-order valence-electron chi connectivity index (χ3n) is 2.63. The highest BCUT2D eigenvalue weighted by atomic mass is 16.3. The molecule has 0 atom stereocenters. The van der Waals surface area contributed by atoms with Gasteiger partial charge in [-0.15, -0.1) is 0 Å². The van der Waals surface area contributed by atoms with Crippen molar-refractivity contribution in [3.8, 4) is 11.1 Å². The highest BCUT2D eigenvalue weighted by molar-refractivity contribution is 5.67. The smallest absolute Gasteiger partial charge is 0.125 e. The van der Waals surface area contributed by atoms with Crippen molar-refractivity contribution < 1.29 is 4.42 Å². The lowest BCUT2D eigenvalue weighted by Crippen LogP contribution is -2.07. The maximum atomic E-state index is 5.61. The Balaban J connectivity index is 2.35. The van der Waals surface area contributed by atoms with E-state index in [9.17, 15) is 0 Å². The molecule has 0 aliphatic rings. The van der Waals surface area contributed by atoms with Gasteiger partial charge in [0.1, 0.15) is 5.76 Å². The Morgan fingerprint density at radius 1 is 1.12 bits per heavy atom. The second kappa shape index (κ2) is 4.41. The molecule has 0 fully saturated rings. The zero-order chi connectivity index (χ0) is 11.5. The Bertz CT molecular complexity index is 457. The number of rotatable bonds is 3. The third kappa shape index (κ3) is 1.95. The Labute approximate surface area is 95.5 Å². The van der Waals surface area contributed by atoms with Crippen LogP contribution in [0.25, 0.3) is 11.1 Å². The maximum absolute atomic E-state index is 5.61. The number of hydrogen-bond donors (Lipinski definition) is 1. The Kier molecular flexibility index (Phi) is 2.97. The second-order valence-corrected chi connectivity index (χ2v) is 3.90. The first-order valence-corrected chi connectivity index (χ1v) is 5.26. The standard InChI is InChI=1S/C13H16N2O/c1-15(2)11-5-3-10(4-6-11)12-7-8-16-13(12)9-14/h3-8H,9,14H2,1-2H3. The monoisotopic (exact) mass is 216 g/mol. The largest absolute Gasteiger partial charge is 0.467 e. The van der Waals surface area contributed by atoms with Crippen molar-refractivity contribution in [1.29, 1.82) is 0 Å². The van der Waals surface area contributed by atoms with Crippen molar-refractivity contribution in [2.75, 3.05) is 19.0 Å². The average Bonchev–Trinajstić information content (AvgIpc) is 2.77. The van der Waals surface area contributed by atoms with Gasteiger partial charge >= 0.3 is 0 Å². The van der Waals surface area contributed by atoms with E-state index in [1.807, 2.05) is 20.2 Å². The summed E-state index contributed by atoms with van der Waals surface area (Å²) in [6.07, 6.45) is 1.68. The third-order valence-corrected chi connectivity index (χ3v) is 2.63. The van der Waals surface area contributed by atoms with Crippen LogP contribution < -0.4 is 10.6 Å². The lowest BCUT2D eigenvalue weighted by Gasteiger charge is -2.12. The molecule has 0 unspecified atom stereocenters. The minimum Gasteiger partial charge on any atom is -0.467 e. The van der Waals surface area contributed by atoms with Crippen LogP contribution in [0.5, 0.6) is 0 Å². The van der Waals surface area contributed by atoms with Crippen molar-refractivity contribution in [3.63, 3.8) is 0 Å². The van der Waals surface area contributed by atoms with Gasteiger partial charge in [0.25, 0.3) is 0 Å². The topological polar surface area (TPSA) is 42.4 Å². The van der Waals surface area contributed by atoms with Crippen molar-refractivity contribution >= 4 is 5.69 Å². The summed E-state index contributed by atoms with van der Waals surface area (Å²) in [5, 5.41) is 0. The van der Waals surface area contributed by atoms with Crippen molar-refractivity contribution in [1.82, 2.24) is 0 Å². The fourth-order valence-corrected chi connectivity index (χ4v) is 1.70. The SMILES string of the molecule is CN(C)c1ccc(-c2ccoc2CN)cc1. The molecule has 0 aliphatic heterocycles. The molecular formula is C13H16N2O. The van der Waals surface area contributed by atoms with E-state index >= 15 is 0 Å². The number of benzene rings is 1. The van der Waals surface area contributed by atoms with E-state index in [0.29, 0.717) is 6.54 Å². The van der Waals surface area contributed by atoms with E-state index in [4.69, 9.17) is 10.2 Å². The fourth-order valence-electron chi connectivity index (χ4n) is 1.70. The first kappa shape index (κ1) is 10.8. The van der Waals surface area contributed by atoms with Crippen LogP contribution in [0.2, 0.25) is 0 Å². The van der Waals surface area contributed by atoms with Crippen molar-refractivity contribution in [3.05, 3.63) is 42.4 Å². The molecule has 0 aliphatic carbocycles. The second-order valence-electron chi connectivity index (χ2n) is 3.90. The van der Waals surface area contributed by atoms with Crippen LogP contribution in [0, 0.1) is 0 Å². The van der Waals surface area contributed by atoms with Crippen molar-refractivity contribution in [2.24, 2.45) is 5.73 Å². The molecule has 3 heteroatoms. The molecule has 0 bridgehead atoms. The summed E-state index contributed by atoms with van der Waals surface area (Å²) in [7, 11) is 4.05. The molecule has 0 saturated carbocycles. The molecule has 3 nitrogen and oxygen atoms in total. The zero-order valence-corrected chi connectivity index (χ0v) is 9.60. The van der Waals surface area contributed by atoms with Gasteiger partial charge in [-0.25, -0.2) is 0 Å². The lowest BCUT2D eigenvalue weighted by molar-refractivity contribution is 0.513. The van der Waals surface area contributed by atoms with E-state index in [2.05, 4.69) is 29.2 Å². The van der Waals surface area contributed by atoms with Crippen LogP contribution in [-0.2, 0) is 6.54 Å². The molecule has 0 spiro atoms. The molecule has 16 heavy (non-hydrogen) atoms. The number of anilines is 1. The van der Waals surface area contributed by atoms with Gasteiger partial charge in [0, 0.05) is 25.3 Å². The number of nitrogens with two attached hydrogens (primary N) is 1. The molecule has 84 valence electrons.